The second kappa shape index (κ2) is 5.48. The van der Waals surface area contributed by atoms with Crippen LogP contribution >= 0.6 is 0 Å². The predicted octanol–water partition coefficient (Wildman–Crippen LogP) is 3.01. The van der Waals surface area contributed by atoms with Crippen LogP contribution in [0.25, 0.3) is 0 Å². The molecule has 1 heterocycles. The molecule has 0 aliphatic carbocycles. The molecule has 0 bridgehead atoms. The van der Waals surface area contributed by atoms with Crippen molar-refractivity contribution in [2.75, 3.05) is 0 Å². The Morgan fingerprint density at radius 1 is 1.35 bits per heavy atom. The van der Waals surface area contributed by atoms with Crippen LogP contribution in [0.15, 0.2) is 36.8 Å². The fourth-order valence-electron chi connectivity index (χ4n) is 1.62. The number of benzene rings is 1. The molecule has 0 N–H and O–H groups in total. The SMILES string of the molecule is CCCn1cncc1COc1ccccc1F. The first-order chi connectivity index (χ1) is 8.31. The minimum atomic E-state index is -0.339. The van der Waals surface area contributed by atoms with Crippen molar-refractivity contribution in [3.8, 4) is 5.75 Å². The van der Waals surface area contributed by atoms with E-state index in [1.165, 1.54) is 6.07 Å². The smallest absolute Gasteiger partial charge is 0.165 e. The molecule has 4 heteroatoms. The van der Waals surface area contributed by atoms with Crippen molar-refractivity contribution in [2.45, 2.75) is 26.5 Å². The summed E-state index contributed by atoms with van der Waals surface area (Å²) in [6, 6.07) is 6.40. The topological polar surface area (TPSA) is 27.1 Å². The van der Waals surface area contributed by atoms with E-state index in [2.05, 4.69) is 11.9 Å². The lowest BCUT2D eigenvalue weighted by Crippen LogP contribution is -2.05. The van der Waals surface area contributed by atoms with Gasteiger partial charge in [-0.3, -0.25) is 0 Å². The highest BCUT2D eigenvalue weighted by molar-refractivity contribution is 5.23. The number of halogens is 1. The molecular formula is C13H15FN2O. The molecule has 3 nitrogen and oxygen atoms in total. The van der Waals surface area contributed by atoms with Crippen LogP contribution in [0.5, 0.6) is 5.75 Å². The summed E-state index contributed by atoms with van der Waals surface area (Å²) >= 11 is 0. The molecular weight excluding hydrogens is 219 g/mol. The van der Waals surface area contributed by atoms with Gasteiger partial charge in [-0.15, -0.1) is 0 Å². The van der Waals surface area contributed by atoms with Gasteiger partial charge in [0.1, 0.15) is 6.61 Å². The van der Waals surface area contributed by atoms with Crippen LogP contribution in [0.2, 0.25) is 0 Å². The summed E-state index contributed by atoms with van der Waals surface area (Å²) in [4.78, 5) is 4.06. The molecule has 0 saturated heterocycles. The molecule has 0 aliphatic rings. The number of ether oxygens (including phenoxy) is 1. The van der Waals surface area contributed by atoms with Gasteiger partial charge in [-0.05, 0) is 18.6 Å². The molecule has 0 radical (unpaired) electrons. The third-order valence-corrected chi connectivity index (χ3v) is 2.48. The Balaban J connectivity index is 2.02. The molecule has 17 heavy (non-hydrogen) atoms. The normalized spacial score (nSPS) is 10.5. The Kier molecular flexibility index (Phi) is 3.75. The van der Waals surface area contributed by atoms with E-state index in [-0.39, 0.29) is 11.6 Å². The number of aryl methyl sites for hydroxylation is 1. The number of nitrogens with zero attached hydrogens (tertiary/aromatic N) is 2. The van der Waals surface area contributed by atoms with Gasteiger partial charge in [0.15, 0.2) is 11.6 Å². The third kappa shape index (κ3) is 2.84. The second-order valence-electron chi connectivity index (χ2n) is 3.80. The van der Waals surface area contributed by atoms with Gasteiger partial charge in [0.25, 0.3) is 0 Å². The number of rotatable bonds is 5. The standard InChI is InChI=1S/C13H15FN2O/c1-2-7-16-10-15-8-11(16)9-17-13-6-4-3-5-12(13)14/h3-6,8,10H,2,7,9H2,1H3. The monoisotopic (exact) mass is 234 g/mol. The van der Waals surface area contributed by atoms with Gasteiger partial charge in [-0.25, -0.2) is 9.37 Å². The van der Waals surface area contributed by atoms with Gasteiger partial charge in [0, 0.05) is 6.54 Å². The molecule has 1 aromatic carbocycles. The number of imidazole rings is 1. The van der Waals surface area contributed by atoms with Crippen LogP contribution in [0, 0.1) is 5.82 Å². The summed E-state index contributed by atoms with van der Waals surface area (Å²) in [5, 5.41) is 0. The summed E-state index contributed by atoms with van der Waals surface area (Å²) in [6.07, 6.45) is 4.54. The maximum absolute atomic E-state index is 13.3. The minimum Gasteiger partial charge on any atom is -0.484 e. The Hall–Kier alpha value is -1.84. The zero-order valence-corrected chi connectivity index (χ0v) is 9.77. The van der Waals surface area contributed by atoms with Crippen LogP contribution in [-0.2, 0) is 13.2 Å². The first kappa shape index (κ1) is 11.6. The third-order valence-electron chi connectivity index (χ3n) is 2.48. The summed E-state index contributed by atoms with van der Waals surface area (Å²) in [6.45, 7) is 3.33. The van der Waals surface area contributed by atoms with Gasteiger partial charge in [-0.1, -0.05) is 19.1 Å². The maximum atomic E-state index is 13.3. The fraction of sp³-hybridized carbons (Fsp3) is 0.308. The average Bonchev–Trinajstić information content (AvgIpc) is 2.76. The summed E-state index contributed by atoms with van der Waals surface area (Å²) in [7, 11) is 0. The van der Waals surface area contributed by atoms with Crippen molar-refractivity contribution in [1.29, 1.82) is 0 Å². The lowest BCUT2D eigenvalue weighted by molar-refractivity contribution is 0.280. The van der Waals surface area contributed by atoms with Gasteiger partial charge in [0.05, 0.1) is 18.2 Å². The van der Waals surface area contributed by atoms with E-state index in [1.807, 2.05) is 4.57 Å². The largest absolute Gasteiger partial charge is 0.484 e. The van der Waals surface area contributed by atoms with E-state index in [9.17, 15) is 4.39 Å². The van der Waals surface area contributed by atoms with E-state index < -0.39 is 0 Å². The Morgan fingerprint density at radius 3 is 2.94 bits per heavy atom. The number of para-hydroxylation sites is 1. The zero-order valence-electron chi connectivity index (χ0n) is 9.77. The molecule has 0 saturated carbocycles. The van der Waals surface area contributed by atoms with Crippen molar-refractivity contribution in [2.24, 2.45) is 0 Å². The molecule has 0 atom stereocenters. The quantitative estimate of drug-likeness (QED) is 0.795. The number of aromatic nitrogens is 2. The Labute approximate surface area is 99.9 Å². The van der Waals surface area contributed by atoms with E-state index in [4.69, 9.17) is 4.74 Å². The van der Waals surface area contributed by atoms with Crippen LogP contribution in [0.1, 0.15) is 19.0 Å². The highest BCUT2D eigenvalue weighted by Crippen LogP contribution is 2.17. The van der Waals surface area contributed by atoms with Crippen molar-refractivity contribution in [1.82, 2.24) is 9.55 Å². The van der Waals surface area contributed by atoms with E-state index in [0.29, 0.717) is 6.61 Å². The molecule has 2 rings (SSSR count). The van der Waals surface area contributed by atoms with Crippen molar-refractivity contribution >= 4 is 0 Å². The van der Waals surface area contributed by atoms with E-state index >= 15 is 0 Å². The lowest BCUT2D eigenvalue weighted by Gasteiger charge is -2.09. The molecule has 0 amide bonds. The highest BCUT2D eigenvalue weighted by Gasteiger charge is 2.05. The molecule has 2 aromatic rings. The zero-order chi connectivity index (χ0) is 12.1. The molecule has 0 unspecified atom stereocenters. The van der Waals surface area contributed by atoms with Crippen LogP contribution in [0.4, 0.5) is 4.39 Å². The van der Waals surface area contributed by atoms with E-state index in [1.54, 1.807) is 30.7 Å². The van der Waals surface area contributed by atoms with Gasteiger partial charge in [0.2, 0.25) is 0 Å². The van der Waals surface area contributed by atoms with Crippen molar-refractivity contribution in [3.63, 3.8) is 0 Å². The highest BCUT2D eigenvalue weighted by atomic mass is 19.1. The van der Waals surface area contributed by atoms with E-state index in [0.717, 1.165) is 18.7 Å². The first-order valence-corrected chi connectivity index (χ1v) is 5.67. The molecule has 0 spiro atoms. The molecule has 90 valence electrons. The van der Waals surface area contributed by atoms with Crippen LogP contribution < -0.4 is 4.74 Å². The lowest BCUT2D eigenvalue weighted by atomic mass is 10.3. The summed E-state index contributed by atoms with van der Waals surface area (Å²) in [5.41, 5.74) is 0.954. The molecule has 0 fully saturated rings. The van der Waals surface area contributed by atoms with Crippen molar-refractivity contribution < 1.29 is 9.13 Å². The predicted molar refractivity (Wildman–Crippen MR) is 63.3 cm³/mol. The Bertz CT molecular complexity index is 482. The first-order valence-electron chi connectivity index (χ1n) is 5.67. The summed E-state index contributed by atoms with van der Waals surface area (Å²) < 4.78 is 20.8. The molecule has 1 aromatic heterocycles. The molecule has 0 aliphatic heterocycles. The van der Waals surface area contributed by atoms with Gasteiger partial charge in [-0.2, -0.15) is 0 Å². The second-order valence-corrected chi connectivity index (χ2v) is 3.80. The average molecular weight is 234 g/mol. The Morgan fingerprint density at radius 2 is 2.18 bits per heavy atom. The maximum Gasteiger partial charge on any atom is 0.165 e. The fourth-order valence-corrected chi connectivity index (χ4v) is 1.62. The van der Waals surface area contributed by atoms with Crippen molar-refractivity contribution in [3.05, 3.63) is 48.3 Å². The summed E-state index contributed by atoms with van der Waals surface area (Å²) in [5.74, 6) is -0.0641. The van der Waals surface area contributed by atoms with Gasteiger partial charge < -0.3 is 9.30 Å². The number of hydrogen-bond acceptors (Lipinski definition) is 2. The number of hydrogen-bond donors (Lipinski definition) is 0. The van der Waals surface area contributed by atoms with Gasteiger partial charge >= 0.3 is 0 Å². The van der Waals surface area contributed by atoms with Crippen LogP contribution in [0.3, 0.4) is 0 Å². The minimum absolute atomic E-state index is 0.275. The van der Waals surface area contributed by atoms with Crippen LogP contribution in [-0.4, -0.2) is 9.55 Å².